The summed E-state index contributed by atoms with van der Waals surface area (Å²) in [6, 6.07) is 3.60. The summed E-state index contributed by atoms with van der Waals surface area (Å²) in [5.74, 6) is 0.472. The first-order valence-electron chi connectivity index (χ1n) is 9.26. The van der Waals surface area contributed by atoms with Crippen molar-refractivity contribution in [3.63, 3.8) is 0 Å². The molecule has 0 bridgehead atoms. The molecule has 2 heterocycles. The Balaban J connectivity index is 1.67. The van der Waals surface area contributed by atoms with Crippen LogP contribution in [-0.4, -0.2) is 40.2 Å². The minimum absolute atomic E-state index is 0.203. The number of carbonyl (C=O) groups is 1. The summed E-state index contributed by atoms with van der Waals surface area (Å²) < 4.78 is 16.6. The van der Waals surface area contributed by atoms with Crippen LogP contribution in [0.4, 0.5) is 5.69 Å². The SMILES string of the molecule is CCOc1ncc(NC(=O)c2ccc(OC3CCCC3)nc2)c(OCC)n1. The number of carbonyl (C=O) groups excluding carboxylic acids is 1. The average molecular weight is 372 g/mol. The van der Waals surface area contributed by atoms with Gasteiger partial charge in [0.05, 0.1) is 25.0 Å². The van der Waals surface area contributed by atoms with Crippen LogP contribution in [0.1, 0.15) is 49.9 Å². The highest BCUT2D eigenvalue weighted by molar-refractivity contribution is 6.04. The van der Waals surface area contributed by atoms with Gasteiger partial charge in [0.15, 0.2) is 0 Å². The molecule has 3 rings (SSSR count). The van der Waals surface area contributed by atoms with E-state index in [0.717, 1.165) is 12.8 Å². The van der Waals surface area contributed by atoms with Crippen LogP contribution in [0.5, 0.6) is 17.8 Å². The lowest BCUT2D eigenvalue weighted by atomic mass is 10.2. The van der Waals surface area contributed by atoms with E-state index in [-0.39, 0.29) is 23.9 Å². The Hall–Kier alpha value is -2.90. The molecule has 0 atom stereocenters. The number of hydrogen-bond donors (Lipinski definition) is 1. The first kappa shape index (κ1) is 18.9. The number of nitrogens with zero attached hydrogens (tertiary/aromatic N) is 3. The summed E-state index contributed by atoms with van der Waals surface area (Å²) in [5.41, 5.74) is 0.779. The minimum Gasteiger partial charge on any atom is -0.476 e. The van der Waals surface area contributed by atoms with Crippen LogP contribution in [-0.2, 0) is 0 Å². The smallest absolute Gasteiger partial charge is 0.319 e. The number of amides is 1. The van der Waals surface area contributed by atoms with Gasteiger partial charge in [-0.25, -0.2) is 9.97 Å². The Labute approximate surface area is 158 Å². The Bertz CT molecular complexity index is 761. The highest BCUT2D eigenvalue weighted by Crippen LogP contribution is 2.25. The van der Waals surface area contributed by atoms with Crippen molar-refractivity contribution in [2.75, 3.05) is 18.5 Å². The third-order valence-electron chi connectivity index (χ3n) is 4.12. The van der Waals surface area contributed by atoms with E-state index in [1.165, 1.54) is 25.2 Å². The molecule has 1 aliphatic carbocycles. The van der Waals surface area contributed by atoms with Gasteiger partial charge in [-0.2, -0.15) is 4.98 Å². The number of hydrogen-bond acceptors (Lipinski definition) is 7. The molecule has 144 valence electrons. The van der Waals surface area contributed by atoms with Crippen LogP contribution in [0.3, 0.4) is 0 Å². The predicted molar refractivity (Wildman–Crippen MR) is 99.4 cm³/mol. The molecular formula is C19H24N4O4. The quantitative estimate of drug-likeness (QED) is 0.760. The van der Waals surface area contributed by atoms with E-state index >= 15 is 0 Å². The molecule has 2 aromatic rings. The number of ether oxygens (including phenoxy) is 3. The maximum atomic E-state index is 12.5. The van der Waals surface area contributed by atoms with Crippen molar-refractivity contribution in [2.45, 2.75) is 45.6 Å². The van der Waals surface area contributed by atoms with Crippen LogP contribution < -0.4 is 19.5 Å². The molecule has 0 aliphatic heterocycles. The van der Waals surface area contributed by atoms with Gasteiger partial charge in [0, 0.05) is 12.3 Å². The topological polar surface area (TPSA) is 95.5 Å². The molecule has 8 nitrogen and oxygen atoms in total. The maximum absolute atomic E-state index is 12.5. The molecule has 27 heavy (non-hydrogen) atoms. The minimum atomic E-state index is -0.330. The molecule has 0 spiro atoms. The first-order valence-corrected chi connectivity index (χ1v) is 9.26. The monoisotopic (exact) mass is 372 g/mol. The fourth-order valence-corrected chi connectivity index (χ4v) is 2.84. The van der Waals surface area contributed by atoms with E-state index < -0.39 is 0 Å². The van der Waals surface area contributed by atoms with Crippen LogP contribution in [0.25, 0.3) is 0 Å². The molecule has 1 saturated carbocycles. The molecule has 1 N–H and O–H groups in total. The standard InChI is InChI=1S/C19H24N4O4/c1-3-25-18-15(12-21-19(23-18)26-4-2)22-17(24)13-9-10-16(20-11-13)27-14-7-5-6-8-14/h9-12,14H,3-8H2,1-2H3,(H,22,24). The highest BCUT2D eigenvalue weighted by atomic mass is 16.5. The summed E-state index contributed by atoms with van der Waals surface area (Å²) in [7, 11) is 0. The Morgan fingerprint density at radius 2 is 1.89 bits per heavy atom. The summed E-state index contributed by atoms with van der Waals surface area (Å²) in [6.07, 6.45) is 7.69. The maximum Gasteiger partial charge on any atom is 0.319 e. The van der Waals surface area contributed by atoms with Gasteiger partial charge in [0.1, 0.15) is 11.8 Å². The molecule has 0 radical (unpaired) electrons. The van der Waals surface area contributed by atoms with Gasteiger partial charge in [0.2, 0.25) is 11.8 Å². The third-order valence-corrected chi connectivity index (χ3v) is 4.12. The van der Waals surface area contributed by atoms with E-state index in [0.29, 0.717) is 30.3 Å². The van der Waals surface area contributed by atoms with E-state index in [1.807, 2.05) is 13.8 Å². The molecule has 0 saturated heterocycles. The van der Waals surface area contributed by atoms with Crippen molar-refractivity contribution in [1.82, 2.24) is 15.0 Å². The van der Waals surface area contributed by atoms with Crippen LogP contribution in [0.15, 0.2) is 24.5 Å². The number of aromatic nitrogens is 3. The zero-order valence-corrected chi connectivity index (χ0v) is 15.6. The first-order chi connectivity index (χ1) is 13.2. The largest absolute Gasteiger partial charge is 0.476 e. The van der Waals surface area contributed by atoms with Gasteiger partial charge in [-0.05, 0) is 45.6 Å². The van der Waals surface area contributed by atoms with E-state index in [4.69, 9.17) is 14.2 Å². The lowest BCUT2D eigenvalue weighted by Crippen LogP contribution is -2.15. The summed E-state index contributed by atoms with van der Waals surface area (Å²) in [6.45, 7) is 4.52. The van der Waals surface area contributed by atoms with E-state index in [2.05, 4.69) is 20.3 Å². The second-order valence-electron chi connectivity index (χ2n) is 6.10. The molecule has 0 aromatic carbocycles. The van der Waals surface area contributed by atoms with Crippen LogP contribution >= 0.6 is 0 Å². The van der Waals surface area contributed by atoms with Crippen molar-refractivity contribution in [3.8, 4) is 17.8 Å². The number of rotatable bonds is 8. The zero-order valence-electron chi connectivity index (χ0n) is 15.6. The molecule has 1 aliphatic rings. The Kier molecular flexibility index (Phi) is 6.40. The normalized spacial score (nSPS) is 14.0. The summed E-state index contributed by atoms with van der Waals surface area (Å²) in [4.78, 5) is 25.0. The Morgan fingerprint density at radius 3 is 2.56 bits per heavy atom. The van der Waals surface area contributed by atoms with E-state index in [9.17, 15) is 4.79 Å². The third kappa shape index (κ3) is 5.06. The van der Waals surface area contributed by atoms with Crippen molar-refractivity contribution in [1.29, 1.82) is 0 Å². The van der Waals surface area contributed by atoms with Gasteiger partial charge in [-0.3, -0.25) is 4.79 Å². The van der Waals surface area contributed by atoms with Gasteiger partial charge >= 0.3 is 6.01 Å². The zero-order chi connectivity index (χ0) is 19.1. The van der Waals surface area contributed by atoms with E-state index in [1.54, 1.807) is 12.1 Å². The van der Waals surface area contributed by atoms with Crippen molar-refractivity contribution in [2.24, 2.45) is 0 Å². The number of nitrogens with one attached hydrogen (secondary N) is 1. The lowest BCUT2D eigenvalue weighted by molar-refractivity contribution is 0.102. The fraction of sp³-hybridized carbons (Fsp3) is 0.474. The molecule has 8 heteroatoms. The second-order valence-corrected chi connectivity index (χ2v) is 6.10. The molecule has 1 amide bonds. The molecule has 2 aromatic heterocycles. The average Bonchev–Trinajstić information content (AvgIpc) is 3.18. The number of pyridine rings is 1. The van der Waals surface area contributed by atoms with Crippen molar-refractivity contribution < 1.29 is 19.0 Å². The van der Waals surface area contributed by atoms with Gasteiger partial charge < -0.3 is 19.5 Å². The van der Waals surface area contributed by atoms with Gasteiger partial charge in [-0.15, -0.1) is 0 Å². The van der Waals surface area contributed by atoms with Crippen molar-refractivity contribution >= 4 is 11.6 Å². The lowest BCUT2D eigenvalue weighted by Gasteiger charge is -2.13. The van der Waals surface area contributed by atoms with Crippen molar-refractivity contribution in [3.05, 3.63) is 30.1 Å². The van der Waals surface area contributed by atoms with Gasteiger partial charge in [0.25, 0.3) is 5.91 Å². The molecule has 1 fully saturated rings. The van der Waals surface area contributed by atoms with Gasteiger partial charge in [-0.1, -0.05) is 0 Å². The second kappa shape index (κ2) is 9.16. The molecule has 0 unspecified atom stereocenters. The summed E-state index contributed by atoms with van der Waals surface area (Å²) in [5, 5.41) is 2.75. The van der Waals surface area contributed by atoms with Crippen LogP contribution in [0, 0.1) is 0 Å². The summed E-state index contributed by atoms with van der Waals surface area (Å²) >= 11 is 0. The highest BCUT2D eigenvalue weighted by Gasteiger charge is 2.18. The number of anilines is 1. The Morgan fingerprint density at radius 1 is 1.11 bits per heavy atom. The molecular weight excluding hydrogens is 348 g/mol. The fourth-order valence-electron chi connectivity index (χ4n) is 2.84. The predicted octanol–water partition coefficient (Wildman–Crippen LogP) is 3.24. The van der Waals surface area contributed by atoms with Crippen LogP contribution in [0.2, 0.25) is 0 Å².